The molecule has 3 rings (SSSR count). The predicted octanol–water partition coefficient (Wildman–Crippen LogP) is 2.04. The van der Waals surface area contributed by atoms with Gasteiger partial charge >= 0.3 is 0 Å². The summed E-state index contributed by atoms with van der Waals surface area (Å²) in [5, 5.41) is 8.21. The summed E-state index contributed by atoms with van der Waals surface area (Å²) in [4.78, 5) is 1.95. The Hall–Kier alpha value is -1.73. The number of hydrogen-bond donors (Lipinski definition) is 0. The lowest BCUT2D eigenvalue weighted by molar-refractivity contribution is 0.402. The van der Waals surface area contributed by atoms with E-state index >= 15 is 0 Å². The Kier molecular flexibility index (Phi) is 4.01. The molecule has 0 N–H and O–H groups in total. The maximum atomic E-state index is 12.7. The minimum absolute atomic E-state index is 0.0136. The van der Waals surface area contributed by atoms with Crippen LogP contribution in [-0.2, 0) is 10.0 Å². The van der Waals surface area contributed by atoms with Crippen LogP contribution in [0, 0.1) is 0 Å². The normalized spacial score (nSPS) is 19.9. The van der Waals surface area contributed by atoms with Crippen LogP contribution in [0.4, 0.5) is 0 Å². The quantitative estimate of drug-likeness (QED) is 0.864. The summed E-state index contributed by atoms with van der Waals surface area (Å²) in [7, 11) is -3.44. The third-order valence-corrected chi connectivity index (χ3v) is 5.95. The summed E-state index contributed by atoms with van der Waals surface area (Å²) < 4.78 is 26.9. The zero-order chi connectivity index (χ0) is 15.7. The summed E-state index contributed by atoms with van der Waals surface area (Å²) in [6.45, 7) is 5.10. The van der Waals surface area contributed by atoms with E-state index < -0.39 is 10.0 Å². The molecule has 1 atom stereocenters. The number of nitrogens with zero attached hydrogens (tertiary/aromatic N) is 4. The molecule has 1 saturated heterocycles. The third-order valence-electron chi connectivity index (χ3n) is 4.07. The number of hydrogen-bond acceptors (Lipinski definition) is 4. The number of aromatic nitrogens is 3. The van der Waals surface area contributed by atoms with E-state index in [4.69, 9.17) is 0 Å². The van der Waals surface area contributed by atoms with Crippen LogP contribution >= 0.6 is 0 Å². The summed E-state index contributed by atoms with van der Waals surface area (Å²) >= 11 is 0. The molecule has 1 aromatic carbocycles. The van der Waals surface area contributed by atoms with E-state index in [0.717, 1.165) is 12.0 Å². The van der Waals surface area contributed by atoms with E-state index in [9.17, 15) is 8.42 Å². The van der Waals surface area contributed by atoms with Crippen molar-refractivity contribution in [3.63, 3.8) is 0 Å². The highest BCUT2D eigenvalue weighted by Crippen LogP contribution is 2.27. The van der Waals surface area contributed by atoms with Gasteiger partial charge in [0, 0.05) is 13.1 Å². The van der Waals surface area contributed by atoms with Crippen molar-refractivity contribution < 1.29 is 8.42 Å². The topological polar surface area (TPSA) is 68.1 Å². The smallest absolute Gasteiger partial charge is 0.207 e. The van der Waals surface area contributed by atoms with Gasteiger partial charge in [0.05, 0.1) is 23.3 Å². The van der Waals surface area contributed by atoms with Gasteiger partial charge in [0.1, 0.15) is 0 Å². The maximum absolute atomic E-state index is 12.7. The average molecular weight is 320 g/mol. The van der Waals surface area contributed by atoms with Gasteiger partial charge in [-0.2, -0.15) is 19.3 Å². The van der Waals surface area contributed by atoms with Crippen LogP contribution in [0.5, 0.6) is 0 Å². The van der Waals surface area contributed by atoms with Gasteiger partial charge in [-0.3, -0.25) is 0 Å². The van der Waals surface area contributed by atoms with Gasteiger partial charge in [0.15, 0.2) is 0 Å². The highest BCUT2D eigenvalue weighted by atomic mass is 32.2. The second-order valence-electron chi connectivity index (χ2n) is 5.88. The first kappa shape index (κ1) is 15.2. The van der Waals surface area contributed by atoms with Gasteiger partial charge in [-0.1, -0.05) is 26.0 Å². The zero-order valence-corrected chi connectivity index (χ0v) is 13.6. The molecule has 2 heterocycles. The molecule has 1 aliphatic rings. The van der Waals surface area contributed by atoms with Crippen molar-refractivity contribution >= 4 is 10.0 Å². The molecular weight excluding hydrogens is 300 g/mol. The lowest BCUT2D eigenvalue weighted by Gasteiger charge is -2.17. The molecule has 22 heavy (non-hydrogen) atoms. The fraction of sp³-hybridized carbons (Fsp3) is 0.467. The summed E-state index contributed by atoms with van der Waals surface area (Å²) in [6.07, 6.45) is 3.96. The molecule has 118 valence electrons. The highest BCUT2D eigenvalue weighted by molar-refractivity contribution is 7.89. The van der Waals surface area contributed by atoms with Crippen LogP contribution in [-0.4, -0.2) is 40.8 Å². The Morgan fingerprint density at radius 2 is 1.77 bits per heavy atom. The van der Waals surface area contributed by atoms with Gasteiger partial charge in [0.2, 0.25) is 10.0 Å². The van der Waals surface area contributed by atoms with Crippen LogP contribution in [0.3, 0.4) is 0 Å². The molecule has 1 aromatic heterocycles. The number of rotatable bonds is 4. The molecule has 7 heteroatoms. The van der Waals surface area contributed by atoms with Crippen molar-refractivity contribution in [3.8, 4) is 0 Å². The molecule has 1 unspecified atom stereocenters. The molecule has 0 aliphatic carbocycles. The van der Waals surface area contributed by atoms with Crippen LogP contribution in [0.15, 0.2) is 41.6 Å². The third kappa shape index (κ3) is 2.78. The Morgan fingerprint density at radius 3 is 2.36 bits per heavy atom. The van der Waals surface area contributed by atoms with E-state index in [-0.39, 0.29) is 6.04 Å². The van der Waals surface area contributed by atoms with Crippen LogP contribution in [0.1, 0.15) is 37.8 Å². The lowest BCUT2D eigenvalue weighted by Crippen LogP contribution is -2.29. The van der Waals surface area contributed by atoms with Gasteiger partial charge < -0.3 is 0 Å². The Balaban J connectivity index is 1.79. The van der Waals surface area contributed by atoms with E-state index in [1.807, 2.05) is 12.1 Å². The minimum Gasteiger partial charge on any atom is -0.207 e. The first-order valence-electron chi connectivity index (χ1n) is 7.44. The Morgan fingerprint density at radius 1 is 1.14 bits per heavy atom. The van der Waals surface area contributed by atoms with Crippen LogP contribution in [0.25, 0.3) is 0 Å². The summed E-state index contributed by atoms with van der Waals surface area (Å²) in [5.41, 5.74) is 1.14. The zero-order valence-electron chi connectivity index (χ0n) is 12.8. The van der Waals surface area contributed by atoms with Crippen molar-refractivity contribution in [2.75, 3.05) is 13.1 Å². The minimum atomic E-state index is -3.44. The van der Waals surface area contributed by atoms with Crippen molar-refractivity contribution in [1.29, 1.82) is 0 Å². The van der Waals surface area contributed by atoms with Gasteiger partial charge in [-0.25, -0.2) is 8.42 Å². The lowest BCUT2D eigenvalue weighted by atomic mass is 10.0. The van der Waals surface area contributed by atoms with Gasteiger partial charge in [-0.15, -0.1) is 0 Å². The fourth-order valence-corrected chi connectivity index (χ4v) is 4.20. The molecule has 0 saturated carbocycles. The molecule has 0 radical (unpaired) electrons. The maximum Gasteiger partial charge on any atom is 0.243 e. The molecule has 6 nitrogen and oxygen atoms in total. The first-order valence-corrected chi connectivity index (χ1v) is 8.88. The molecule has 1 fully saturated rings. The second kappa shape index (κ2) is 5.81. The monoisotopic (exact) mass is 320 g/mol. The largest absolute Gasteiger partial charge is 0.243 e. The molecule has 0 amide bonds. The van der Waals surface area contributed by atoms with Crippen molar-refractivity contribution in [1.82, 2.24) is 19.3 Å². The number of sulfonamides is 1. The molecule has 0 spiro atoms. The fourth-order valence-electron chi connectivity index (χ4n) is 2.71. The van der Waals surface area contributed by atoms with Gasteiger partial charge in [-0.05, 0) is 30.0 Å². The molecule has 1 aliphatic heterocycles. The van der Waals surface area contributed by atoms with Crippen molar-refractivity contribution in [2.24, 2.45) is 0 Å². The summed E-state index contributed by atoms with van der Waals surface area (Å²) in [6, 6.07) is 7.19. The first-order chi connectivity index (χ1) is 10.5. The van der Waals surface area contributed by atoms with Crippen molar-refractivity contribution in [2.45, 2.75) is 37.1 Å². The van der Waals surface area contributed by atoms with Gasteiger partial charge in [0.25, 0.3) is 0 Å². The second-order valence-corrected chi connectivity index (χ2v) is 7.82. The van der Waals surface area contributed by atoms with E-state index in [2.05, 4.69) is 24.0 Å². The number of benzene rings is 1. The predicted molar refractivity (Wildman–Crippen MR) is 83.0 cm³/mol. The SMILES string of the molecule is CC(C)c1ccc(S(=O)(=O)N2CCC(n3nccn3)C2)cc1. The molecule has 0 bridgehead atoms. The molecular formula is C15H20N4O2S. The van der Waals surface area contributed by atoms with E-state index in [1.165, 1.54) is 4.31 Å². The van der Waals surface area contributed by atoms with Crippen LogP contribution < -0.4 is 0 Å². The average Bonchev–Trinajstić information content (AvgIpc) is 3.18. The Bertz CT molecular complexity index is 723. The van der Waals surface area contributed by atoms with Crippen LogP contribution in [0.2, 0.25) is 0 Å². The van der Waals surface area contributed by atoms with E-state index in [0.29, 0.717) is 23.9 Å². The summed E-state index contributed by atoms with van der Waals surface area (Å²) in [5.74, 6) is 0.388. The Labute approximate surface area is 130 Å². The standard InChI is InChI=1S/C15H20N4O2S/c1-12(2)13-3-5-15(6-4-13)22(20,21)18-10-7-14(11-18)19-16-8-9-17-19/h3-6,8-9,12,14H,7,10-11H2,1-2H3. The molecule has 2 aromatic rings. The highest BCUT2D eigenvalue weighted by Gasteiger charge is 2.34. The van der Waals surface area contributed by atoms with Crippen molar-refractivity contribution in [3.05, 3.63) is 42.2 Å². The van der Waals surface area contributed by atoms with E-state index in [1.54, 1.807) is 29.3 Å².